The van der Waals surface area contributed by atoms with E-state index >= 15 is 4.39 Å². The molecule has 0 saturated carbocycles. The van der Waals surface area contributed by atoms with E-state index in [-0.39, 0.29) is 11.3 Å². The van der Waals surface area contributed by atoms with Gasteiger partial charge in [-0.3, -0.25) is 9.59 Å². The topological polar surface area (TPSA) is 108 Å². The summed E-state index contributed by atoms with van der Waals surface area (Å²) in [6.45, 7) is 6.84. The minimum Gasteiger partial charge on any atom is -0.378 e. The van der Waals surface area contributed by atoms with Crippen LogP contribution in [0.3, 0.4) is 0 Å². The Balaban J connectivity index is 1.30. The van der Waals surface area contributed by atoms with Gasteiger partial charge in [0.2, 0.25) is 6.41 Å². The molecule has 9 nitrogen and oxygen atoms in total. The lowest BCUT2D eigenvalue weighted by molar-refractivity contribution is -0.111. The zero-order chi connectivity index (χ0) is 30.2. The highest BCUT2D eigenvalue weighted by Crippen LogP contribution is 2.27. The fraction of sp³-hybridized carbons (Fsp3) is 0.161. The molecule has 220 valence electrons. The number of thiazole rings is 1. The molecule has 1 aliphatic rings. The van der Waals surface area contributed by atoms with Crippen molar-refractivity contribution < 1.29 is 23.1 Å². The third-order valence-corrected chi connectivity index (χ3v) is 7.43. The van der Waals surface area contributed by atoms with Gasteiger partial charge in [0.15, 0.2) is 0 Å². The highest BCUT2D eigenvalue weighted by molar-refractivity contribution is 7.14. The summed E-state index contributed by atoms with van der Waals surface area (Å²) in [5.74, 6) is -0.193. The Morgan fingerprint density at radius 3 is 2.58 bits per heavy atom. The minimum atomic E-state index is -0.561. The lowest BCUT2D eigenvalue weighted by atomic mass is 10.0. The van der Waals surface area contributed by atoms with Gasteiger partial charge in [0.05, 0.1) is 30.2 Å². The number of anilines is 3. The first kappa shape index (κ1) is 29.5. The van der Waals surface area contributed by atoms with Gasteiger partial charge in [-0.1, -0.05) is 24.8 Å². The van der Waals surface area contributed by atoms with Gasteiger partial charge in [-0.2, -0.15) is 0 Å². The summed E-state index contributed by atoms with van der Waals surface area (Å²) >= 11 is 1.19. The second kappa shape index (κ2) is 13.8. The first-order chi connectivity index (χ1) is 20.9. The summed E-state index contributed by atoms with van der Waals surface area (Å²) in [6.07, 6.45) is 3.95. The molecule has 4 aromatic rings. The van der Waals surface area contributed by atoms with Gasteiger partial charge >= 0.3 is 0 Å². The Kier molecular flexibility index (Phi) is 9.49. The predicted octanol–water partition coefficient (Wildman–Crippen LogP) is 5.37. The molecule has 12 heteroatoms. The molecule has 1 fully saturated rings. The van der Waals surface area contributed by atoms with Crippen LogP contribution in [0.1, 0.15) is 22.4 Å². The van der Waals surface area contributed by atoms with Crippen LogP contribution in [0.4, 0.5) is 25.3 Å². The minimum absolute atomic E-state index is 0.153. The summed E-state index contributed by atoms with van der Waals surface area (Å²) in [5, 5.41) is 8.91. The normalized spacial score (nSPS) is 13.3. The van der Waals surface area contributed by atoms with Gasteiger partial charge in [0.25, 0.3) is 5.91 Å². The third-order valence-electron chi connectivity index (χ3n) is 6.66. The quantitative estimate of drug-likeness (QED) is 0.157. The van der Waals surface area contributed by atoms with E-state index in [1.165, 1.54) is 53.3 Å². The van der Waals surface area contributed by atoms with E-state index in [2.05, 4.69) is 37.4 Å². The number of halogens is 2. The molecule has 3 heterocycles. The molecule has 5 rings (SSSR count). The number of carbonyl (C=O) groups is 2. The van der Waals surface area contributed by atoms with Crippen molar-refractivity contribution in [2.75, 3.05) is 42.3 Å². The molecule has 2 amide bonds. The highest BCUT2D eigenvalue weighted by atomic mass is 32.1. The van der Waals surface area contributed by atoms with E-state index in [1.807, 2.05) is 12.1 Å². The molecule has 0 unspecified atom stereocenters. The second-order valence-corrected chi connectivity index (χ2v) is 10.4. The fourth-order valence-corrected chi connectivity index (χ4v) is 5.09. The number of ether oxygens (including phenoxy) is 1. The fourth-order valence-electron chi connectivity index (χ4n) is 4.46. The van der Waals surface area contributed by atoms with Crippen LogP contribution < -0.4 is 16.0 Å². The molecule has 0 aliphatic carbocycles. The SMILES string of the molecule is C=C(Nc1cc(Cc2ccc(NC(=O)/C(=C/c3ncsc3NC=O)c3ccc(F)cc3)cc2F)ccn1)N1CCOCC1. The summed E-state index contributed by atoms with van der Waals surface area (Å²) < 4.78 is 34.2. The van der Waals surface area contributed by atoms with E-state index in [4.69, 9.17) is 4.74 Å². The van der Waals surface area contributed by atoms with Crippen molar-refractivity contribution in [1.82, 2.24) is 14.9 Å². The maximum absolute atomic E-state index is 15.2. The van der Waals surface area contributed by atoms with E-state index in [1.54, 1.807) is 18.3 Å². The summed E-state index contributed by atoms with van der Waals surface area (Å²) in [5.41, 5.74) is 3.96. The maximum Gasteiger partial charge on any atom is 0.256 e. The standard InChI is InChI=1S/C31H28F2N6O3S/c1-20(39-10-12-42-13-11-39)37-29-15-21(8-9-34-29)14-23-4-7-25(16-27(23)33)38-30(41)26(22-2-5-24(32)6-3-22)17-28-31(35-18-40)43-19-36-28/h2-9,15-19H,1,10-14H2,(H,34,37)(H,35,40)(H,38,41)/b26-17+. The van der Waals surface area contributed by atoms with Crippen molar-refractivity contribution in [3.05, 3.63) is 113 Å². The number of hydrogen-bond acceptors (Lipinski definition) is 8. The molecule has 43 heavy (non-hydrogen) atoms. The Labute approximate surface area is 250 Å². The van der Waals surface area contributed by atoms with Crippen LogP contribution in [0.2, 0.25) is 0 Å². The van der Waals surface area contributed by atoms with Gasteiger partial charge in [0.1, 0.15) is 22.5 Å². The Morgan fingerprint density at radius 2 is 1.84 bits per heavy atom. The smallest absolute Gasteiger partial charge is 0.256 e. The zero-order valence-corrected chi connectivity index (χ0v) is 23.8. The van der Waals surface area contributed by atoms with Gasteiger partial charge in [-0.25, -0.2) is 18.7 Å². The van der Waals surface area contributed by atoms with Crippen LogP contribution in [0.15, 0.2) is 78.7 Å². The molecule has 0 atom stereocenters. The molecule has 1 aliphatic heterocycles. The average Bonchev–Trinajstić information content (AvgIpc) is 3.45. The van der Waals surface area contributed by atoms with Gasteiger partial charge in [-0.05, 0) is 59.2 Å². The molecule has 0 bridgehead atoms. The Morgan fingerprint density at radius 1 is 1.05 bits per heavy atom. The number of morpholine rings is 1. The monoisotopic (exact) mass is 602 g/mol. The van der Waals surface area contributed by atoms with Gasteiger partial charge < -0.3 is 25.6 Å². The highest BCUT2D eigenvalue weighted by Gasteiger charge is 2.17. The predicted molar refractivity (Wildman–Crippen MR) is 163 cm³/mol. The molecule has 1 saturated heterocycles. The number of nitrogens with zero attached hydrogens (tertiary/aromatic N) is 3. The number of carbonyl (C=O) groups excluding carboxylic acids is 2. The van der Waals surface area contributed by atoms with Gasteiger partial charge in [-0.15, -0.1) is 11.3 Å². The van der Waals surface area contributed by atoms with Crippen LogP contribution in [0, 0.1) is 11.6 Å². The number of rotatable bonds is 11. The second-order valence-electron chi connectivity index (χ2n) is 9.55. The lowest BCUT2D eigenvalue weighted by Crippen LogP contribution is -2.37. The maximum atomic E-state index is 15.2. The number of hydrogen-bond donors (Lipinski definition) is 3. The lowest BCUT2D eigenvalue weighted by Gasteiger charge is -2.30. The van der Waals surface area contributed by atoms with Crippen LogP contribution >= 0.6 is 11.3 Å². The van der Waals surface area contributed by atoms with Crippen molar-refractivity contribution in [3.63, 3.8) is 0 Å². The molecular formula is C31H28F2N6O3S. The number of aromatic nitrogens is 2. The number of nitrogens with one attached hydrogen (secondary N) is 3. The third kappa shape index (κ3) is 7.67. The van der Waals surface area contributed by atoms with Crippen molar-refractivity contribution >= 4 is 51.8 Å². The van der Waals surface area contributed by atoms with Crippen molar-refractivity contribution in [3.8, 4) is 0 Å². The largest absolute Gasteiger partial charge is 0.378 e. The first-order valence-electron chi connectivity index (χ1n) is 13.3. The average molecular weight is 603 g/mol. The van der Waals surface area contributed by atoms with Gasteiger partial charge in [0, 0.05) is 37.0 Å². The Bertz CT molecular complexity index is 1650. The number of amides is 2. The van der Waals surface area contributed by atoms with Crippen LogP contribution in [-0.4, -0.2) is 53.5 Å². The first-order valence-corrected chi connectivity index (χ1v) is 14.2. The molecule has 0 radical (unpaired) electrons. The van der Waals surface area contributed by atoms with E-state index in [9.17, 15) is 14.0 Å². The van der Waals surface area contributed by atoms with Crippen molar-refractivity contribution in [1.29, 1.82) is 0 Å². The number of benzene rings is 2. The molecule has 2 aromatic carbocycles. The summed E-state index contributed by atoms with van der Waals surface area (Å²) in [7, 11) is 0. The molecule has 2 aromatic heterocycles. The summed E-state index contributed by atoms with van der Waals surface area (Å²) in [6, 6.07) is 13.5. The number of pyridine rings is 1. The zero-order valence-electron chi connectivity index (χ0n) is 23.0. The molecular weight excluding hydrogens is 574 g/mol. The van der Waals surface area contributed by atoms with Crippen molar-refractivity contribution in [2.45, 2.75) is 6.42 Å². The molecule has 3 N–H and O–H groups in total. The van der Waals surface area contributed by atoms with E-state index in [0.717, 1.165) is 24.5 Å². The van der Waals surface area contributed by atoms with Crippen LogP contribution in [0.25, 0.3) is 11.6 Å². The van der Waals surface area contributed by atoms with Crippen molar-refractivity contribution in [2.24, 2.45) is 0 Å². The summed E-state index contributed by atoms with van der Waals surface area (Å²) in [4.78, 5) is 35.0. The van der Waals surface area contributed by atoms with Crippen LogP contribution in [-0.2, 0) is 20.7 Å². The molecule has 0 spiro atoms. The Hall–Kier alpha value is -4.94. The van der Waals surface area contributed by atoms with E-state index < -0.39 is 17.5 Å². The van der Waals surface area contributed by atoms with Crippen LogP contribution in [0.5, 0.6) is 0 Å². The van der Waals surface area contributed by atoms with E-state index in [0.29, 0.717) is 53.7 Å².